The molecule has 4 nitrogen and oxygen atoms in total. The van der Waals surface area contributed by atoms with Gasteiger partial charge in [0.05, 0.1) is 12.7 Å². The van der Waals surface area contributed by atoms with Crippen LogP contribution in [0.15, 0.2) is 12.2 Å². The summed E-state index contributed by atoms with van der Waals surface area (Å²) >= 11 is 0. The summed E-state index contributed by atoms with van der Waals surface area (Å²) in [4.78, 5) is 22.7. The third kappa shape index (κ3) is 13.4. The molecule has 0 saturated heterocycles. The van der Waals surface area contributed by atoms with Crippen LogP contribution in [0.5, 0.6) is 0 Å². The van der Waals surface area contributed by atoms with Crippen LogP contribution in [0.25, 0.3) is 0 Å². The second-order valence-electron chi connectivity index (χ2n) is 5.28. The highest BCUT2D eigenvalue weighted by Crippen LogP contribution is 2.06. The van der Waals surface area contributed by atoms with Crippen molar-refractivity contribution in [1.29, 1.82) is 0 Å². The first-order valence-corrected chi connectivity index (χ1v) is 8.15. The fourth-order valence-corrected chi connectivity index (χ4v) is 1.74. The Kier molecular flexibility index (Phi) is 12.8. The third-order valence-corrected chi connectivity index (χ3v) is 3.24. The molecule has 0 bridgehead atoms. The zero-order chi connectivity index (χ0) is 15.9. The zero-order valence-electron chi connectivity index (χ0n) is 13.7. The molecule has 0 heterocycles. The Balaban J connectivity index is 3.55. The summed E-state index contributed by atoms with van der Waals surface area (Å²) in [5.41, 5.74) is 0. The molecule has 0 aliphatic rings. The van der Waals surface area contributed by atoms with Crippen LogP contribution >= 0.6 is 0 Å². The fourth-order valence-electron chi connectivity index (χ4n) is 1.74. The molecule has 0 radical (unpaired) electrons. The van der Waals surface area contributed by atoms with Gasteiger partial charge in [-0.05, 0) is 19.8 Å². The smallest absolute Gasteiger partial charge is 0.331 e. The van der Waals surface area contributed by atoms with Gasteiger partial charge in [-0.2, -0.15) is 0 Å². The highest BCUT2D eigenvalue weighted by molar-refractivity contribution is 5.91. The van der Waals surface area contributed by atoms with Crippen molar-refractivity contribution >= 4 is 11.9 Å². The summed E-state index contributed by atoms with van der Waals surface area (Å²) in [5.74, 6) is -0.987. The molecule has 0 aliphatic heterocycles. The van der Waals surface area contributed by atoms with Crippen molar-refractivity contribution in [1.82, 2.24) is 0 Å². The first-order chi connectivity index (χ1) is 10.1. The van der Waals surface area contributed by atoms with Crippen LogP contribution in [0.3, 0.4) is 0 Å². The van der Waals surface area contributed by atoms with E-state index in [0.717, 1.165) is 31.4 Å². The maximum atomic E-state index is 11.4. The van der Waals surface area contributed by atoms with E-state index in [9.17, 15) is 9.59 Å². The van der Waals surface area contributed by atoms with Crippen LogP contribution in [0.4, 0.5) is 0 Å². The molecule has 1 atom stereocenters. The molecule has 0 spiro atoms. The Labute approximate surface area is 128 Å². The highest BCUT2D eigenvalue weighted by Gasteiger charge is 2.05. The van der Waals surface area contributed by atoms with Gasteiger partial charge in [0.2, 0.25) is 0 Å². The summed E-state index contributed by atoms with van der Waals surface area (Å²) in [6.07, 6.45) is 11.1. The zero-order valence-corrected chi connectivity index (χ0v) is 13.7. The topological polar surface area (TPSA) is 52.6 Å². The molecule has 4 heteroatoms. The average molecular weight is 298 g/mol. The molecular weight excluding hydrogens is 268 g/mol. The van der Waals surface area contributed by atoms with E-state index in [1.54, 1.807) is 0 Å². The largest absolute Gasteiger partial charge is 0.463 e. The third-order valence-electron chi connectivity index (χ3n) is 3.24. The van der Waals surface area contributed by atoms with Crippen molar-refractivity contribution in [2.75, 3.05) is 6.61 Å². The number of carbonyl (C=O) groups excluding carboxylic acids is 2. The van der Waals surface area contributed by atoms with Gasteiger partial charge >= 0.3 is 11.9 Å². The monoisotopic (exact) mass is 298 g/mol. The molecule has 1 unspecified atom stereocenters. The minimum absolute atomic E-state index is 0.133. The maximum absolute atomic E-state index is 11.4. The van der Waals surface area contributed by atoms with Crippen molar-refractivity contribution in [2.24, 2.45) is 0 Å². The van der Waals surface area contributed by atoms with Crippen molar-refractivity contribution in [3.8, 4) is 0 Å². The maximum Gasteiger partial charge on any atom is 0.331 e. The quantitative estimate of drug-likeness (QED) is 0.308. The van der Waals surface area contributed by atoms with Gasteiger partial charge < -0.3 is 9.47 Å². The number of ether oxygens (including phenoxy) is 2. The number of carbonyl (C=O) groups is 2. The molecule has 0 saturated carbocycles. The first kappa shape index (κ1) is 19.7. The lowest BCUT2D eigenvalue weighted by atomic mass is 10.1. The van der Waals surface area contributed by atoms with Gasteiger partial charge in [-0.25, -0.2) is 9.59 Å². The van der Waals surface area contributed by atoms with Crippen LogP contribution in [-0.2, 0) is 19.1 Å². The van der Waals surface area contributed by atoms with E-state index in [2.05, 4.69) is 6.92 Å². The molecule has 0 aromatic carbocycles. The molecule has 0 fully saturated rings. The lowest BCUT2D eigenvalue weighted by Crippen LogP contribution is -2.12. The Bertz CT molecular complexity index is 310. The van der Waals surface area contributed by atoms with E-state index in [1.807, 2.05) is 13.8 Å². The molecule has 0 aliphatic carbocycles. The van der Waals surface area contributed by atoms with Gasteiger partial charge in [-0.1, -0.05) is 52.4 Å². The van der Waals surface area contributed by atoms with Crippen LogP contribution in [-0.4, -0.2) is 24.6 Å². The normalized spacial score (nSPS) is 12.3. The Morgan fingerprint density at radius 2 is 1.48 bits per heavy atom. The lowest BCUT2D eigenvalue weighted by molar-refractivity contribution is -0.143. The SMILES string of the molecule is CCCCCCCCCOC(=O)/C=C/C(=O)OC(C)CC. The molecule has 0 rings (SSSR count). The number of esters is 2. The van der Waals surface area contributed by atoms with E-state index in [-0.39, 0.29) is 6.10 Å². The predicted molar refractivity (Wildman–Crippen MR) is 83.9 cm³/mol. The summed E-state index contributed by atoms with van der Waals surface area (Å²) in [5, 5.41) is 0. The lowest BCUT2D eigenvalue weighted by Gasteiger charge is -2.07. The second kappa shape index (κ2) is 13.7. The molecule has 0 aromatic heterocycles. The van der Waals surface area contributed by atoms with Crippen molar-refractivity contribution in [3.63, 3.8) is 0 Å². The van der Waals surface area contributed by atoms with Crippen molar-refractivity contribution in [3.05, 3.63) is 12.2 Å². The molecular formula is C17H30O4. The number of unbranched alkanes of at least 4 members (excludes halogenated alkanes) is 6. The predicted octanol–water partition coefficient (Wildman–Crippen LogP) is 4.18. The molecule has 0 N–H and O–H groups in total. The van der Waals surface area contributed by atoms with E-state index < -0.39 is 11.9 Å². The van der Waals surface area contributed by atoms with Crippen LogP contribution in [0.2, 0.25) is 0 Å². The van der Waals surface area contributed by atoms with Crippen LogP contribution in [0, 0.1) is 0 Å². The summed E-state index contributed by atoms with van der Waals surface area (Å²) in [6, 6.07) is 0. The Morgan fingerprint density at radius 3 is 2.10 bits per heavy atom. The molecule has 0 amide bonds. The number of hydrogen-bond donors (Lipinski definition) is 0. The van der Waals surface area contributed by atoms with Crippen LogP contribution < -0.4 is 0 Å². The number of hydrogen-bond acceptors (Lipinski definition) is 4. The summed E-state index contributed by atoms with van der Waals surface area (Å²) in [7, 11) is 0. The van der Waals surface area contributed by atoms with E-state index >= 15 is 0 Å². The van der Waals surface area contributed by atoms with Gasteiger partial charge in [-0.3, -0.25) is 0 Å². The van der Waals surface area contributed by atoms with Gasteiger partial charge in [0, 0.05) is 12.2 Å². The minimum Gasteiger partial charge on any atom is -0.463 e. The molecule has 122 valence electrons. The van der Waals surface area contributed by atoms with Crippen molar-refractivity contribution < 1.29 is 19.1 Å². The number of rotatable bonds is 12. The van der Waals surface area contributed by atoms with Crippen LogP contribution in [0.1, 0.15) is 72.1 Å². The van der Waals surface area contributed by atoms with E-state index in [0.29, 0.717) is 6.61 Å². The first-order valence-electron chi connectivity index (χ1n) is 8.15. The molecule has 0 aromatic rings. The van der Waals surface area contributed by atoms with Gasteiger partial charge in [0.1, 0.15) is 0 Å². The van der Waals surface area contributed by atoms with E-state index in [1.165, 1.54) is 32.1 Å². The van der Waals surface area contributed by atoms with Gasteiger partial charge in [0.15, 0.2) is 0 Å². The summed E-state index contributed by atoms with van der Waals surface area (Å²) < 4.78 is 10.0. The fraction of sp³-hybridized carbons (Fsp3) is 0.765. The second-order valence-corrected chi connectivity index (χ2v) is 5.28. The van der Waals surface area contributed by atoms with Crippen molar-refractivity contribution in [2.45, 2.75) is 78.2 Å². The standard InChI is InChI=1S/C17H30O4/c1-4-6-7-8-9-10-11-14-20-16(18)12-13-17(19)21-15(3)5-2/h12-13,15H,4-11,14H2,1-3H3/b13-12+. The molecule has 21 heavy (non-hydrogen) atoms. The van der Waals surface area contributed by atoms with Gasteiger partial charge in [0.25, 0.3) is 0 Å². The minimum atomic E-state index is -0.503. The average Bonchev–Trinajstić information content (AvgIpc) is 2.47. The Hall–Kier alpha value is -1.32. The van der Waals surface area contributed by atoms with E-state index in [4.69, 9.17) is 9.47 Å². The highest BCUT2D eigenvalue weighted by atomic mass is 16.5. The Morgan fingerprint density at radius 1 is 0.905 bits per heavy atom. The summed E-state index contributed by atoms with van der Waals surface area (Å²) in [6.45, 7) is 6.35. The van der Waals surface area contributed by atoms with Gasteiger partial charge in [-0.15, -0.1) is 0 Å².